The van der Waals surface area contributed by atoms with Crippen molar-refractivity contribution in [3.05, 3.63) is 71.6 Å². The summed E-state index contributed by atoms with van der Waals surface area (Å²) in [4.78, 5) is 16.4. The monoisotopic (exact) mass is 419 g/mol. The highest BCUT2D eigenvalue weighted by atomic mass is 16.5. The van der Waals surface area contributed by atoms with Crippen LogP contribution in [0.5, 0.6) is 5.75 Å². The van der Waals surface area contributed by atoms with E-state index in [0.717, 1.165) is 49.3 Å². The van der Waals surface area contributed by atoms with Crippen molar-refractivity contribution in [1.82, 2.24) is 14.9 Å². The number of carbonyl (C=O) groups is 1. The van der Waals surface area contributed by atoms with Gasteiger partial charge in [-0.2, -0.15) is 0 Å². The van der Waals surface area contributed by atoms with Crippen LogP contribution in [0.2, 0.25) is 0 Å². The molecule has 0 unspecified atom stereocenters. The molecule has 0 radical (unpaired) electrons. The van der Waals surface area contributed by atoms with Crippen LogP contribution in [0, 0.1) is 13.8 Å². The van der Waals surface area contributed by atoms with Gasteiger partial charge in [-0.15, -0.1) is 0 Å². The van der Waals surface area contributed by atoms with Gasteiger partial charge in [0, 0.05) is 19.5 Å². The van der Waals surface area contributed by atoms with Crippen LogP contribution in [0.1, 0.15) is 43.1 Å². The molecule has 0 bridgehead atoms. The van der Waals surface area contributed by atoms with Gasteiger partial charge < -0.3 is 14.6 Å². The number of hydrogen-bond acceptors (Lipinski definition) is 3. The molecule has 1 amide bonds. The molecular weight excluding hydrogens is 386 g/mol. The summed E-state index contributed by atoms with van der Waals surface area (Å²) in [5.41, 5.74) is 4.74. The second kappa shape index (κ2) is 11.3. The molecule has 31 heavy (non-hydrogen) atoms. The average molecular weight is 420 g/mol. The molecule has 0 spiro atoms. The molecule has 0 saturated heterocycles. The first-order chi connectivity index (χ1) is 15.1. The fourth-order valence-corrected chi connectivity index (χ4v) is 3.60. The molecule has 3 rings (SSSR count). The van der Waals surface area contributed by atoms with Crippen LogP contribution < -0.4 is 10.1 Å². The number of unbranched alkanes of at least 4 members (excludes halogenated alkanes) is 1. The van der Waals surface area contributed by atoms with Gasteiger partial charge in [0.25, 0.3) is 0 Å². The van der Waals surface area contributed by atoms with Gasteiger partial charge in [-0.1, -0.05) is 24.3 Å². The summed E-state index contributed by atoms with van der Waals surface area (Å²) in [6.45, 7) is 8.34. The third-order valence-electron chi connectivity index (χ3n) is 5.45. The van der Waals surface area contributed by atoms with Crippen molar-refractivity contribution in [3.8, 4) is 5.75 Å². The molecule has 0 aliphatic rings. The minimum Gasteiger partial charge on any atom is -0.494 e. The molecule has 2 aromatic carbocycles. The van der Waals surface area contributed by atoms with Crippen LogP contribution in [0.4, 0.5) is 0 Å². The molecule has 0 aliphatic carbocycles. The highest BCUT2D eigenvalue weighted by molar-refractivity contribution is 5.87. The highest BCUT2D eigenvalue weighted by Gasteiger charge is 2.10. The van der Waals surface area contributed by atoms with E-state index in [1.54, 1.807) is 12.2 Å². The first-order valence-corrected chi connectivity index (χ1v) is 11.1. The van der Waals surface area contributed by atoms with E-state index in [0.29, 0.717) is 13.2 Å². The van der Waals surface area contributed by atoms with E-state index in [9.17, 15) is 4.79 Å². The third kappa shape index (κ3) is 6.45. The number of aromatic nitrogens is 2. The molecule has 1 aromatic heterocycles. The van der Waals surface area contributed by atoms with Crippen LogP contribution in [0.15, 0.2) is 54.6 Å². The van der Waals surface area contributed by atoms with Gasteiger partial charge >= 0.3 is 0 Å². The molecule has 5 heteroatoms. The lowest BCUT2D eigenvalue weighted by Crippen LogP contribution is -2.22. The molecule has 0 aliphatic heterocycles. The summed E-state index contributed by atoms with van der Waals surface area (Å²) in [7, 11) is 0. The van der Waals surface area contributed by atoms with E-state index >= 15 is 0 Å². The Morgan fingerprint density at radius 1 is 1.10 bits per heavy atom. The smallest absolute Gasteiger partial charge is 0.243 e. The van der Waals surface area contributed by atoms with Gasteiger partial charge in [-0.05, 0) is 81.5 Å². The Balaban J connectivity index is 1.53. The fourth-order valence-electron chi connectivity index (χ4n) is 3.60. The van der Waals surface area contributed by atoms with E-state index < -0.39 is 0 Å². The van der Waals surface area contributed by atoms with Crippen LogP contribution in [-0.4, -0.2) is 28.6 Å². The quantitative estimate of drug-likeness (QED) is 0.346. The number of rotatable bonds is 11. The number of fused-ring (bicyclic) bond motifs is 1. The van der Waals surface area contributed by atoms with E-state index in [4.69, 9.17) is 9.72 Å². The van der Waals surface area contributed by atoms with E-state index in [2.05, 4.69) is 54.1 Å². The summed E-state index contributed by atoms with van der Waals surface area (Å²) in [5, 5.41) is 2.91. The Morgan fingerprint density at radius 3 is 2.74 bits per heavy atom. The Hall–Kier alpha value is -3.08. The van der Waals surface area contributed by atoms with E-state index in [-0.39, 0.29) is 5.91 Å². The highest BCUT2D eigenvalue weighted by Crippen LogP contribution is 2.19. The predicted octanol–water partition coefficient (Wildman–Crippen LogP) is 5.14. The van der Waals surface area contributed by atoms with Gasteiger partial charge in [-0.25, -0.2) is 4.98 Å². The summed E-state index contributed by atoms with van der Waals surface area (Å²) >= 11 is 0. The molecule has 164 valence electrons. The predicted molar refractivity (Wildman–Crippen MR) is 127 cm³/mol. The largest absolute Gasteiger partial charge is 0.494 e. The Morgan fingerprint density at radius 2 is 1.94 bits per heavy atom. The molecule has 1 N–H and O–H groups in total. The SMILES string of the molecule is C/C=C\C(=O)NCCCc1nc2ccccc2n1CCCCOc1ccc(C)c(C)c1. The van der Waals surface area contributed by atoms with Crippen molar-refractivity contribution in [2.45, 2.75) is 53.0 Å². The van der Waals surface area contributed by atoms with Crippen LogP contribution in [0.3, 0.4) is 0 Å². The molecule has 0 fully saturated rings. The molecule has 5 nitrogen and oxygen atoms in total. The first kappa shape index (κ1) is 22.6. The maximum atomic E-state index is 11.6. The van der Waals surface area contributed by atoms with E-state index in [1.807, 2.05) is 19.1 Å². The molecule has 0 atom stereocenters. The van der Waals surface area contributed by atoms with Crippen molar-refractivity contribution in [1.29, 1.82) is 0 Å². The zero-order chi connectivity index (χ0) is 22.1. The van der Waals surface area contributed by atoms with Crippen molar-refractivity contribution in [2.24, 2.45) is 0 Å². The van der Waals surface area contributed by atoms with Gasteiger partial charge in [0.05, 0.1) is 17.6 Å². The second-order valence-electron chi connectivity index (χ2n) is 7.86. The number of imidazole rings is 1. The zero-order valence-electron chi connectivity index (χ0n) is 18.9. The van der Waals surface area contributed by atoms with Crippen LogP contribution >= 0.6 is 0 Å². The van der Waals surface area contributed by atoms with Gasteiger partial charge in [0.15, 0.2) is 0 Å². The maximum Gasteiger partial charge on any atom is 0.243 e. The third-order valence-corrected chi connectivity index (χ3v) is 5.45. The maximum absolute atomic E-state index is 11.6. The lowest BCUT2D eigenvalue weighted by Gasteiger charge is -2.11. The number of ether oxygens (including phenoxy) is 1. The zero-order valence-corrected chi connectivity index (χ0v) is 18.9. The standard InChI is InChI=1S/C26H33N3O2/c1-4-10-26(30)27-16-9-13-25-28-23-11-5-6-12-24(23)29(25)17-7-8-18-31-22-15-14-20(2)21(3)19-22/h4-6,10-12,14-15,19H,7-9,13,16-18H2,1-3H3,(H,27,30)/b10-4-. The van der Waals surface area contributed by atoms with Crippen LogP contribution in [0.25, 0.3) is 11.0 Å². The van der Waals surface area contributed by atoms with Crippen molar-refractivity contribution < 1.29 is 9.53 Å². The molecule has 3 aromatic rings. The van der Waals surface area contributed by atoms with E-state index in [1.165, 1.54) is 16.6 Å². The van der Waals surface area contributed by atoms with Crippen molar-refractivity contribution >= 4 is 16.9 Å². The second-order valence-corrected chi connectivity index (χ2v) is 7.86. The summed E-state index contributed by atoms with van der Waals surface area (Å²) in [6.07, 6.45) is 7.01. The van der Waals surface area contributed by atoms with Gasteiger partial charge in [-0.3, -0.25) is 4.79 Å². The number of nitrogens with zero attached hydrogens (tertiary/aromatic N) is 2. The first-order valence-electron chi connectivity index (χ1n) is 11.1. The molecular formula is C26H33N3O2. The normalized spacial score (nSPS) is 11.3. The van der Waals surface area contributed by atoms with Gasteiger partial charge in [0.2, 0.25) is 5.91 Å². The number of aryl methyl sites for hydroxylation is 4. The molecule has 1 heterocycles. The topological polar surface area (TPSA) is 56.2 Å². The van der Waals surface area contributed by atoms with Crippen molar-refractivity contribution in [2.75, 3.05) is 13.2 Å². The Kier molecular flexibility index (Phi) is 8.27. The number of allylic oxidation sites excluding steroid dienone is 1. The number of benzene rings is 2. The molecule has 0 saturated carbocycles. The minimum atomic E-state index is -0.0419. The van der Waals surface area contributed by atoms with Gasteiger partial charge in [0.1, 0.15) is 11.6 Å². The Bertz CT molecular complexity index is 1040. The fraction of sp³-hybridized carbons (Fsp3) is 0.385. The number of carbonyl (C=O) groups excluding carboxylic acids is 1. The number of nitrogens with one attached hydrogen (secondary N) is 1. The minimum absolute atomic E-state index is 0.0419. The lowest BCUT2D eigenvalue weighted by molar-refractivity contribution is -0.116. The van der Waals surface area contributed by atoms with Crippen molar-refractivity contribution in [3.63, 3.8) is 0 Å². The summed E-state index contributed by atoms with van der Waals surface area (Å²) < 4.78 is 8.25. The van der Waals surface area contributed by atoms with Crippen LogP contribution in [-0.2, 0) is 17.8 Å². The average Bonchev–Trinajstić information content (AvgIpc) is 3.11. The lowest BCUT2D eigenvalue weighted by atomic mass is 10.1. The number of para-hydroxylation sites is 2. The summed E-state index contributed by atoms with van der Waals surface area (Å²) in [5.74, 6) is 1.98. The Labute approximate surface area is 185 Å². The number of hydrogen-bond donors (Lipinski definition) is 1. The number of amides is 1. The summed E-state index contributed by atoms with van der Waals surface area (Å²) in [6, 6.07) is 14.5.